The number of ether oxygens (including phenoxy) is 1. The molecule has 1 fully saturated rings. The molecule has 0 spiro atoms. The highest BCUT2D eigenvalue weighted by Gasteiger charge is 2.20. The number of likely N-dealkylation sites (N-methyl/N-ethyl adjacent to an activating group) is 1. The van der Waals surface area contributed by atoms with Crippen molar-refractivity contribution in [2.24, 2.45) is 5.92 Å². The number of aromatic nitrogens is 3. The van der Waals surface area contributed by atoms with Crippen LogP contribution in [0.5, 0.6) is 5.75 Å². The van der Waals surface area contributed by atoms with Gasteiger partial charge in [-0.25, -0.2) is 4.98 Å². The van der Waals surface area contributed by atoms with Crippen LogP contribution in [0.3, 0.4) is 0 Å². The van der Waals surface area contributed by atoms with Gasteiger partial charge in [-0.05, 0) is 31.2 Å². The molecule has 2 N–H and O–H groups in total. The minimum absolute atomic E-state index is 0.0452. The molecule has 10 heteroatoms. The second kappa shape index (κ2) is 10.7. The zero-order valence-corrected chi connectivity index (χ0v) is 20.7. The van der Waals surface area contributed by atoms with Crippen molar-refractivity contribution in [3.8, 4) is 5.75 Å². The van der Waals surface area contributed by atoms with Crippen LogP contribution in [-0.4, -0.2) is 83.3 Å². The standard InChI is InChI=1S/C25H33N7O3/c1-17(2)13-26-19-5-6-20(27-14-19)25(34)28-22-11-18-15-32(29-21(18)12-23(22)35-4)16-24(33)31-9-7-30(3)8-10-31/h5-6,11-12,14-15,17,26H,7-10,13,16H2,1-4H3,(H,28,34). The predicted molar refractivity (Wildman–Crippen MR) is 136 cm³/mol. The van der Waals surface area contributed by atoms with Gasteiger partial charge in [-0.15, -0.1) is 0 Å². The number of carbonyl (C=O) groups is 2. The summed E-state index contributed by atoms with van der Waals surface area (Å²) in [6.07, 6.45) is 3.46. The van der Waals surface area contributed by atoms with Crippen molar-refractivity contribution in [1.29, 1.82) is 0 Å². The lowest BCUT2D eigenvalue weighted by Crippen LogP contribution is -2.48. The Morgan fingerprint density at radius 2 is 1.91 bits per heavy atom. The first-order valence-corrected chi connectivity index (χ1v) is 11.8. The van der Waals surface area contributed by atoms with Crippen LogP contribution < -0.4 is 15.4 Å². The molecule has 10 nitrogen and oxygen atoms in total. The Kier molecular flexibility index (Phi) is 7.50. The number of hydrogen-bond acceptors (Lipinski definition) is 7. The van der Waals surface area contributed by atoms with Crippen molar-refractivity contribution in [3.05, 3.63) is 42.4 Å². The minimum atomic E-state index is -0.337. The van der Waals surface area contributed by atoms with E-state index >= 15 is 0 Å². The Balaban J connectivity index is 1.46. The van der Waals surface area contributed by atoms with Crippen LogP contribution in [0.2, 0.25) is 0 Å². The van der Waals surface area contributed by atoms with Crippen LogP contribution in [0.4, 0.5) is 11.4 Å². The summed E-state index contributed by atoms with van der Waals surface area (Å²) >= 11 is 0. The summed E-state index contributed by atoms with van der Waals surface area (Å²) in [5.74, 6) is 0.700. The number of fused-ring (bicyclic) bond motifs is 1. The Morgan fingerprint density at radius 1 is 1.14 bits per heavy atom. The molecule has 0 bridgehead atoms. The fourth-order valence-corrected chi connectivity index (χ4v) is 3.89. The van der Waals surface area contributed by atoms with E-state index in [0.29, 0.717) is 28.6 Å². The molecule has 3 heterocycles. The lowest BCUT2D eigenvalue weighted by molar-refractivity contribution is -0.133. The topological polar surface area (TPSA) is 105 Å². The summed E-state index contributed by atoms with van der Waals surface area (Å²) in [4.78, 5) is 33.9. The van der Waals surface area contributed by atoms with Crippen LogP contribution in [0.15, 0.2) is 36.7 Å². The van der Waals surface area contributed by atoms with E-state index in [0.717, 1.165) is 43.8 Å². The first-order valence-electron chi connectivity index (χ1n) is 11.8. The number of benzene rings is 1. The fourth-order valence-electron chi connectivity index (χ4n) is 3.89. The number of hydrogen-bond donors (Lipinski definition) is 2. The van der Waals surface area contributed by atoms with Crippen LogP contribution in [0.1, 0.15) is 24.3 Å². The maximum atomic E-state index is 12.8. The number of carbonyl (C=O) groups excluding carboxylic acids is 2. The van der Waals surface area contributed by atoms with E-state index in [4.69, 9.17) is 4.74 Å². The van der Waals surface area contributed by atoms with Crippen LogP contribution in [-0.2, 0) is 11.3 Å². The summed E-state index contributed by atoms with van der Waals surface area (Å²) < 4.78 is 7.12. The molecular formula is C25H33N7O3. The van der Waals surface area contributed by atoms with Gasteiger partial charge in [0.15, 0.2) is 0 Å². The van der Waals surface area contributed by atoms with Crippen LogP contribution in [0.25, 0.3) is 10.9 Å². The normalized spacial score (nSPS) is 14.4. The quantitative estimate of drug-likeness (QED) is 0.512. The van der Waals surface area contributed by atoms with E-state index in [2.05, 4.69) is 46.5 Å². The van der Waals surface area contributed by atoms with E-state index in [9.17, 15) is 9.59 Å². The Morgan fingerprint density at radius 3 is 2.57 bits per heavy atom. The van der Waals surface area contributed by atoms with Gasteiger partial charge in [0.1, 0.15) is 18.0 Å². The van der Waals surface area contributed by atoms with E-state index in [1.807, 2.05) is 17.2 Å². The second-order valence-corrected chi connectivity index (χ2v) is 9.28. The molecule has 1 saturated heterocycles. The maximum absolute atomic E-state index is 12.8. The molecule has 0 aliphatic carbocycles. The first kappa shape index (κ1) is 24.5. The van der Waals surface area contributed by atoms with Crippen molar-refractivity contribution >= 4 is 34.1 Å². The zero-order valence-electron chi connectivity index (χ0n) is 20.7. The molecule has 35 heavy (non-hydrogen) atoms. The molecular weight excluding hydrogens is 446 g/mol. The largest absolute Gasteiger partial charge is 0.494 e. The van der Waals surface area contributed by atoms with Gasteiger partial charge in [0.25, 0.3) is 5.91 Å². The molecule has 186 valence electrons. The van der Waals surface area contributed by atoms with Gasteiger partial charge < -0.3 is 25.2 Å². The van der Waals surface area contributed by atoms with Crippen molar-refractivity contribution in [3.63, 3.8) is 0 Å². The molecule has 4 rings (SSSR count). The molecule has 0 atom stereocenters. The maximum Gasteiger partial charge on any atom is 0.274 e. The number of piperazine rings is 1. The second-order valence-electron chi connectivity index (χ2n) is 9.28. The molecule has 1 aromatic carbocycles. The number of rotatable bonds is 8. The molecule has 1 aliphatic rings. The third kappa shape index (κ3) is 6.07. The zero-order chi connectivity index (χ0) is 24.9. The minimum Gasteiger partial charge on any atom is -0.494 e. The third-order valence-corrected chi connectivity index (χ3v) is 5.99. The molecule has 0 saturated carbocycles. The highest BCUT2D eigenvalue weighted by atomic mass is 16.5. The van der Waals surface area contributed by atoms with Gasteiger partial charge in [0, 0.05) is 50.4 Å². The summed E-state index contributed by atoms with van der Waals surface area (Å²) in [7, 11) is 3.60. The van der Waals surface area contributed by atoms with Gasteiger partial charge >= 0.3 is 0 Å². The van der Waals surface area contributed by atoms with Gasteiger partial charge in [0.05, 0.1) is 30.2 Å². The van der Waals surface area contributed by atoms with E-state index in [-0.39, 0.29) is 18.4 Å². The Bertz CT molecular complexity index is 1180. The lowest BCUT2D eigenvalue weighted by atomic mass is 10.2. The van der Waals surface area contributed by atoms with Crippen molar-refractivity contribution in [2.75, 3.05) is 57.5 Å². The van der Waals surface area contributed by atoms with Gasteiger partial charge in [-0.1, -0.05) is 13.8 Å². The van der Waals surface area contributed by atoms with Crippen molar-refractivity contribution < 1.29 is 14.3 Å². The Hall–Kier alpha value is -3.66. The number of methoxy groups -OCH3 is 1. The number of nitrogens with one attached hydrogen (secondary N) is 2. The molecule has 0 unspecified atom stereocenters. The summed E-state index contributed by atoms with van der Waals surface area (Å²) in [6, 6.07) is 7.08. The van der Waals surface area contributed by atoms with Gasteiger partial charge in [-0.2, -0.15) is 5.10 Å². The summed E-state index contributed by atoms with van der Waals surface area (Å²) in [6.45, 7) is 8.45. The summed E-state index contributed by atoms with van der Waals surface area (Å²) in [5, 5.41) is 11.5. The highest BCUT2D eigenvalue weighted by Crippen LogP contribution is 2.30. The molecule has 0 radical (unpaired) electrons. The molecule has 2 aromatic heterocycles. The van der Waals surface area contributed by atoms with Crippen molar-refractivity contribution in [1.82, 2.24) is 24.6 Å². The SMILES string of the molecule is COc1cc2nn(CC(=O)N3CCN(C)CC3)cc2cc1NC(=O)c1ccc(NCC(C)C)cn1. The van der Waals surface area contributed by atoms with Crippen molar-refractivity contribution in [2.45, 2.75) is 20.4 Å². The van der Waals surface area contributed by atoms with E-state index < -0.39 is 0 Å². The van der Waals surface area contributed by atoms with Crippen LogP contribution in [0, 0.1) is 5.92 Å². The Labute approximate surface area is 205 Å². The summed E-state index contributed by atoms with van der Waals surface area (Å²) in [5.41, 5.74) is 2.37. The molecule has 1 aliphatic heterocycles. The number of amides is 2. The first-order chi connectivity index (χ1) is 16.8. The smallest absolute Gasteiger partial charge is 0.274 e. The third-order valence-electron chi connectivity index (χ3n) is 5.99. The predicted octanol–water partition coefficient (Wildman–Crippen LogP) is 2.53. The lowest BCUT2D eigenvalue weighted by Gasteiger charge is -2.32. The van der Waals surface area contributed by atoms with Crippen LogP contribution >= 0.6 is 0 Å². The highest BCUT2D eigenvalue weighted by molar-refractivity contribution is 6.05. The number of nitrogens with zero attached hydrogens (tertiary/aromatic N) is 5. The number of anilines is 2. The average Bonchev–Trinajstić information content (AvgIpc) is 3.23. The molecule has 2 amide bonds. The fraction of sp³-hybridized carbons (Fsp3) is 0.440. The van der Waals surface area contributed by atoms with Gasteiger partial charge in [0.2, 0.25) is 5.91 Å². The van der Waals surface area contributed by atoms with E-state index in [1.165, 1.54) is 7.11 Å². The van der Waals surface area contributed by atoms with E-state index in [1.54, 1.807) is 29.1 Å². The molecule has 3 aromatic rings. The monoisotopic (exact) mass is 479 g/mol. The average molecular weight is 480 g/mol. The number of pyridine rings is 1. The van der Waals surface area contributed by atoms with Gasteiger partial charge in [-0.3, -0.25) is 14.3 Å².